The Morgan fingerprint density at radius 2 is 1.97 bits per heavy atom. The van der Waals surface area contributed by atoms with Crippen LogP contribution in [0.2, 0.25) is 0 Å². The second kappa shape index (κ2) is 10.5. The fraction of sp³-hybridized carbons (Fsp3) is 0.333. The van der Waals surface area contributed by atoms with Crippen LogP contribution in [0.25, 0.3) is 0 Å². The maximum Gasteiger partial charge on any atom is 0.340 e. The summed E-state index contributed by atoms with van der Waals surface area (Å²) in [6.07, 6.45) is 0.770. The number of nitrogens with one attached hydrogen (secondary N) is 1. The number of esters is 1. The van der Waals surface area contributed by atoms with Gasteiger partial charge < -0.3 is 19.4 Å². The predicted octanol–water partition coefficient (Wildman–Crippen LogP) is 3.84. The van der Waals surface area contributed by atoms with Crippen molar-refractivity contribution < 1.29 is 19.1 Å². The van der Waals surface area contributed by atoms with E-state index in [2.05, 4.69) is 15.5 Å². The molecule has 8 nitrogen and oxygen atoms in total. The minimum absolute atomic E-state index is 0.130. The van der Waals surface area contributed by atoms with Gasteiger partial charge in [0.25, 0.3) is 0 Å². The van der Waals surface area contributed by atoms with Gasteiger partial charge in [-0.15, -0.1) is 21.5 Å². The molecule has 3 aromatic rings. The lowest BCUT2D eigenvalue weighted by atomic mass is 10.2. The van der Waals surface area contributed by atoms with Crippen LogP contribution in [-0.2, 0) is 29.6 Å². The van der Waals surface area contributed by atoms with Crippen molar-refractivity contribution in [1.82, 2.24) is 14.8 Å². The van der Waals surface area contributed by atoms with Crippen molar-refractivity contribution >= 4 is 40.0 Å². The minimum atomic E-state index is -0.467. The molecule has 1 amide bonds. The van der Waals surface area contributed by atoms with E-state index in [-0.39, 0.29) is 18.3 Å². The summed E-state index contributed by atoms with van der Waals surface area (Å²) in [5, 5.41) is 12.2. The molecule has 2 aromatic heterocycles. The molecule has 1 N–H and O–H groups in total. The molecule has 0 saturated carbocycles. The lowest BCUT2D eigenvalue weighted by Gasteiger charge is -2.07. The number of benzene rings is 1. The molecule has 0 aliphatic rings. The van der Waals surface area contributed by atoms with Crippen LogP contribution in [0.15, 0.2) is 35.5 Å². The summed E-state index contributed by atoms with van der Waals surface area (Å²) in [4.78, 5) is 25.4. The van der Waals surface area contributed by atoms with Gasteiger partial charge >= 0.3 is 5.97 Å². The number of methoxy groups -OCH3 is 1. The van der Waals surface area contributed by atoms with Crippen LogP contribution in [0, 0.1) is 6.92 Å². The van der Waals surface area contributed by atoms with Crippen LogP contribution < -0.4 is 10.1 Å². The number of hydrogen-bond acceptors (Lipinski definition) is 8. The number of nitrogens with zero attached hydrogens (tertiary/aromatic N) is 3. The van der Waals surface area contributed by atoms with Gasteiger partial charge in [0.05, 0.1) is 18.4 Å². The third-order valence-corrected chi connectivity index (χ3v) is 6.65. The predicted molar refractivity (Wildman–Crippen MR) is 121 cm³/mol. The van der Waals surface area contributed by atoms with E-state index in [0.717, 1.165) is 22.6 Å². The number of thioether (sulfide) groups is 1. The van der Waals surface area contributed by atoms with Gasteiger partial charge in [0.15, 0.2) is 11.0 Å². The van der Waals surface area contributed by atoms with Gasteiger partial charge in [-0.2, -0.15) is 0 Å². The highest BCUT2D eigenvalue weighted by Crippen LogP contribution is 2.29. The molecule has 0 spiro atoms. The molecule has 31 heavy (non-hydrogen) atoms. The summed E-state index contributed by atoms with van der Waals surface area (Å²) in [6.45, 7) is 4.28. The number of carbonyl (C=O) groups is 2. The Bertz CT molecular complexity index is 1060. The molecule has 0 fully saturated rings. The summed E-state index contributed by atoms with van der Waals surface area (Å²) in [5.41, 5.74) is 1.53. The molecular formula is C21H24N4O4S2. The van der Waals surface area contributed by atoms with E-state index in [9.17, 15) is 9.59 Å². The number of thiophene rings is 1. The average Bonchev–Trinajstić information content (AvgIpc) is 3.34. The SMILES string of the molecule is CCc1cc(C(=O)OC)c(NC(=O)CSc2nnc(COc3ccc(C)cc3)n2C)s1. The van der Waals surface area contributed by atoms with Crippen LogP contribution in [0.5, 0.6) is 5.75 Å². The van der Waals surface area contributed by atoms with E-state index >= 15 is 0 Å². The van der Waals surface area contributed by atoms with Crippen molar-refractivity contribution in [3.8, 4) is 5.75 Å². The lowest BCUT2D eigenvalue weighted by molar-refractivity contribution is -0.113. The molecule has 0 aliphatic heterocycles. The molecule has 2 heterocycles. The molecule has 1 aromatic carbocycles. The molecule has 0 saturated heterocycles. The highest BCUT2D eigenvalue weighted by molar-refractivity contribution is 7.99. The van der Waals surface area contributed by atoms with Gasteiger partial charge in [-0.3, -0.25) is 4.79 Å². The quantitative estimate of drug-likeness (QED) is 0.383. The number of hydrogen-bond donors (Lipinski definition) is 1. The molecule has 0 radical (unpaired) electrons. The van der Waals surface area contributed by atoms with Crippen LogP contribution in [-0.4, -0.2) is 39.5 Å². The van der Waals surface area contributed by atoms with E-state index in [1.165, 1.54) is 30.2 Å². The van der Waals surface area contributed by atoms with Gasteiger partial charge in [0.1, 0.15) is 17.4 Å². The Morgan fingerprint density at radius 1 is 1.23 bits per heavy atom. The third-order valence-electron chi connectivity index (χ3n) is 4.44. The normalized spacial score (nSPS) is 10.7. The molecular weight excluding hydrogens is 436 g/mol. The first-order chi connectivity index (χ1) is 14.9. The van der Waals surface area contributed by atoms with Gasteiger partial charge in [-0.1, -0.05) is 36.4 Å². The zero-order valence-electron chi connectivity index (χ0n) is 17.8. The third kappa shape index (κ3) is 5.86. The smallest absolute Gasteiger partial charge is 0.340 e. The Morgan fingerprint density at radius 3 is 2.65 bits per heavy atom. The van der Waals surface area contributed by atoms with Crippen molar-refractivity contribution in [2.24, 2.45) is 7.05 Å². The molecule has 164 valence electrons. The number of aromatic nitrogens is 3. The van der Waals surface area contributed by atoms with Crippen molar-refractivity contribution in [3.05, 3.63) is 52.2 Å². The summed E-state index contributed by atoms with van der Waals surface area (Å²) < 4.78 is 12.4. The second-order valence-electron chi connectivity index (χ2n) is 6.70. The Kier molecular flexibility index (Phi) is 7.69. The maximum absolute atomic E-state index is 12.4. The Hall–Kier alpha value is -2.85. The molecule has 3 rings (SSSR count). The molecule has 0 aliphatic carbocycles. The monoisotopic (exact) mass is 460 g/mol. The molecule has 0 atom stereocenters. The minimum Gasteiger partial charge on any atom is -0.486 e. The zero-order chi connectivity index (χ0) is 22.4. The van der Waals surface area contributed by atoms with Crippen molar-refractivity contribution in [1.29, 1.82) is 0 Å². The van der Waals surface area contributed by atoms with E-state index in [0.29, 0.717) is 21.5 Å². The number of carbonyl (C=O) groups excluding carboxylic acids is 2. The first kappa shape index (κ1) is 22.8. The first-order valence-corrected chi connectivity index (χ1v) is 11.4. The van der Waals surface area contributed by atoms with E-state index < -0.39 is 5.97 Å². The van der Waals surface area contributed by atoms with E-state index in [1.54, 1.807) is 10.6 Å². The van der Waals surface area contributed by atoms with Crippen LogP contribution in [0.1, 0.15) is 33.5 Å². The summed E-state index contributed by atoms with van der Waals surface area (Å²) >= 11 is 2.64. The fourth-order valence-electron chi connectivity index (χ4n) is 2.64. The van der Waals surface area contributed by atoms with Gasteiger partial charge in [-0.25, -0.2) is 4.79 Å². The van der Waals surface area contributed by atoms with E-state index in [4.69, 9.17) is 9.47 Å². The van der Waals surface area contributed by atoms with Crippen molar-refractivity contribution in [2.75, 3.05) is 18.2 Å². The first-order valence-electron chi connectivity index (χ1n) is 9.62. The van der Waals surface area contributed by atoms with Gasteiger partial charge in [0.2, 0.25) is 5.91 Å². The molecule has 0 bridgehead atoms. The Balaban J connectivity index is 1.57. The number of ether oxygens (including phenoxy) is 2. The fourth-order valence-corrected chi connectivity index (χ4v) is 4.37. The van der Waals surface area contributed by atoms with Crippen LogP contribution in [0.4, 0.5) is 5.00 Å². The second-order valence-corrected chi connectivity index (χ2v) is 8.78. The number of amides is 1. The van der Waals surface area contributed by atoms with E-state index in [1.807, 2.05) is 45.2 Å². The largest absolute Gasteiger partial charge is 0.486 e. The van der Waals surface area contributed by atoms with Gasteiger partial charge in [-0.05, 0) is 31.5 Å². The average molecular weight is 461 g/mol. The number of rotatable bonds is 9. The molecule has 10 heteroatoms. The highest BCUT2D eigenvalue weighted by atomic mass is 32.2. The standard InChI is InChI=1S/C21H24N4O4S2/c1-5-15-10-16(20(27)28-4)19(31-15)22-18(26)12-30-21-24-23-17(25(21)3)11-29-14-8-6-13(2)7-9-14/h6-10H,5,11-12H2,1-4H3,(H,22,26). The van der Waals surface area contributed by atoms with Crippen molar-refractivity contribution in [3.63, 3.8) is 0 Å². The summed E-state index contributed by atoms with van der Waals surface area (Å²) in [6, 6.07) is 9.52. The van der Waals surface area contributed by atoms with Gasteiger partial charge in [0, 0.05) is 11.9 Å². The topological polar surface area (TPSA) is 95.3 Å². The summed E-state index contributed by atoms with van der Waals surface area (Å²) in [7, 11) is 3.15. The maximum atomic E-state index is 12.4. The summed E-state index contributed by atoms with van der Waals surface area (Å²) in [5.74, 6) is 0.837. The molecule has 0 unspecified atom stereocenters. The van der Waals surface area contributed by atoms with Crippen LogP contribution >= 0.6 is 23.1 Å². The highest BCUT2D eigenvalue weighted by Gasteiger charge is 2.19. The van der Waals surface area contributed by atoms with Crippen LogP contribution in [0.3, 0.4) is 0 Å². The number of anilines is 1. The lowest BCUT2D eigenvalue weighted by Crippen LogP contribution is -2.16. The zero-order valence-corrected chi connectivity index (χ0v) is 19.4. The Labute approximate surface area is 189 Å². The number of aryl methyl sites for hydroxylation is 2. The van der Waals surface area contributed by atoms with Crippen molar-refractivity contribution in [2.45, 2.75) is 32.0 Å².